The van der Waals surface area contributed by atoms with Crippen molar-refractivity contribution in [2.45, 2.75) is 143 Å². The molecule has 13 rings (SSSR count). The van der Waals surface area contributed by atoms with Crippen LogP contribution in [0.4, 0.5) is 34.1 Å². The predicted octanol–water partition coefficient (Wildman–Crippen LogP) is 25.1. The molecule has 2 aliphatic carbocycles. The van der Waals surface area contributed by atoms with Crippen molar-refractivity contribution in [3.05, 3.63) is 273 Å². The predicted molar refractivity (Wildman–Crippen MR) is 389 cm³/mol. The molecule has 446 valence electrons. The van der Waals surface area contributed by atoms with Gasteiger partial charge in [-0.15, -0.1) is 11.3 Å². The monoisotopic (exact) mass is 1180 g/mol. The first-order chi connectivity index (χ1) is 42.1. The fraction of sp³-hybridized carbons (Fsp3) is 0.256. The van der Waals surface area contributed by atoms with Gasteiger partial charge in [-0.2, -0.15) is 0 Å². The van der Waals surface area contributed by atoms with Gasteiger partial charge in [0.05, 0.1) is 0 Å². The highest BCUT2D eigenvalue weighted by Crippen LogP contribution is 2.53. The van der Waals surface area contributed by atoms with E-state index in [1.807, 2.05) is 11.3 Å². The Labute approximate surface area is 535 Å². The van der Waals surface area contributed by atoms with E-state index in [1.165, 1.54) is 121 Å². The molecule has 0 atom stereocenters. The molecule has 0 N–H and O–H groups in total. The van der Waals surface area contributed by atoms with Crippen molar-refractivity contribution in [1.29, 1.82) is 0 Å². The summed E-state index contributed by atoms with van der Waals surface area (Å²) in [6.07, 6.45) is 9.17. The molecular weight excluding hydrogens is 1090 g/mol. The third kappa shape index (κ3) is 11.1. The van der Waals surface area contributed by atoms with Crippen LogP contribution >= 0.6 is 11.3 Å². The van der Waals surface area contributed by atoms with Gasteiger partial charge in [0, 0.05) is 65.1 Å². The summed E-state index contributed by atoms with van der Waals surface area (Å²) >= 11 is 1.87. The molecule has 3 heteroatoms. The molecule has 0 radical (unpaired) electrons. The van der Waals surface area contributed by atoms with Crippen molar-refractivity contribution in [3.63, 3.8) is 0 Å². The van der Waals surface area contributed by atoms with E-state index in [0.29, 0.717) is 0 Å². The molecule has 0 aliphatic heterocycles. The second-order valence-electron chi connectivity index (χ2n) is 30.5. The smallest absolute Gasteiger partial charge is 0.0465 e. The van der Waals surface area contributed by atoms with E-state index in [-0.39, 0.29) is 32.5 Å². The van der Waals surface area contributed by atoms with Gasteiger partial charge in [-0.3, -0.25) is 0 Å². The lowest BCUT2D eigenvalue weighted by Crippen LogP contribution is -2.17. The van der Waals surface area contributed by atoms with Crippen LogP contribution in [-0.2, 0) is 32.5 Å². The van der Waals surface area contributed by atoms with Crippen molar-refractivity contribution >= 4 is 89.9 Å². The van der Waals surface area contributed by atoms with Crippen LogP contribution in [0.2, 0.25) is 0 Å². The van der Waals surface area contributed by atoms with Gasteiger partial charge in [0.2, 0.25) is 0 Å². The van der Waals surface area contributed by atoms with E-state index in [2.05, 4.69) is 351 Å². The van der Waals surface area contributed by atoms with E-state index in [0.717, 1.165) is 22.7 Å². The fourth-order valence-electron chi connectivity index (χ4n) is 13.7. The summed E-state index contributed by atoms with van der Waals surface area (Å²) in [7, 11) is 0. The Morgan fingerprint density at radius 2 is 0.506 bits per heavy atom. The van der Waals surface area contributed by atoms with Crippen molar-refractivity contribution in [2.75, 3.05) is 9.80 Å². The number of hydrogen-bond donors (Lipinski definition) is 0. The van der Waals surface area contributed by atoms with Gasteiger partial charge < -0.3 is 9.80 Å². The molecule has 0 unspecified atom stereocenters. The average molecular weight is 1180 g/mol. The maximum absolute atomic E-state index is 2.44. The van der Waals surface area contributed by atoms with Crippen molar-refractivity contribution in [3.8, 4) is 22.3 Å². The van der Waals surface area contributed by atoms with E-state index in [4.69, 9.17) is 0 Å². The molecule has 0 spiro atoms. The minimum Gasteiger partial charge on any atom is -0.310 e. The lowest BCUT2D eigenvalue weighted by atomic mass is 9.81. The second kappa shape index (κ2) is 21.6. The van der Waals surface area contributed by atoms with Gasteiger partial charge >= 0.3 is 0 Å². The highest BCUT2D eigenvalue weighted by Gasteiger charge is 2.38. The van der Waals surface area contributed by atoms with Gasteiger partial charge in [-0.25, -0.2) is 0 Å². The summed E-state index contributed by atoms with van der Waals surface area (Å²) in [5.41, 5.74) is 27.7. The maximum Gasteiger partial charge on any atom is 0.0465 e. The van der Waals surface area contributed by atoms with E-state index >= 15 is 0 Å². The van der Waals surface area contributed by atoms with Gasteiger partial charge in [-0.05, 0) is 208 Å². The summed E-state index contributed by atoms with van der Waals surface area (Å²) in [5.74, 6) is 0. The first kappa shape index (κ1) is 59.5. The van der Waals surface area contributed by atoms with Crippen LogP contribution in [0.25, 0.3) is 66.7 Å². The third-order valence-corrected chi connectivity index (χ3v) is 20.5. The Morgan fingerprint density at radius 3 is 0.787 bits per heavy atom. The molecule has 2 aliphatic rings. The minimum absolute atomic E-state index is 0.0742. The first-order valence-corrected chi connectivity index (χ1v) is 32.9. The summed E-state index contributed by atoms with van der Waals surface area (Å²) in [6.45, 7) is 37.0. The zero-order valence-electron chi connectivity index (χ0n) is 55.2. The van der Waals surface area contributed by atoms with E-state index < -0.39 is 0 Å². The van der Waals surface area contributed by atoms with Gasteiger partial charge in [-0.1, -0.05) is 244 Å². The second-order valence-corrected chi connectivity index (χ2v) is 31.5. The fourth-order valence-corrected chi connectivity index (χ4v) is 14.8. The molecule has 1 aromatic heterocycles. The van der Waals surface area contributed by atoms with Crippen LogP contribution in [0.3, 0.4) is 0 Å². The van der Waals surface area contributed by atoms with Crippen LogP contribution in [0.15, 0.2) is 206 Å². The van der Waals surface area contributed by atoms with E-state index in [1.54, 1.807) is 0 Å². The van der Waals surface area contributed by atoms with Crippen molar-refractivity contribution < 1.29 is 0 Å². The van der Waals surface area contributed by atoms with Gasteiger partial charge in [0.25, 0.3) is 0 Å². The maximum atomic E-state index is 2.44. The quantitative estimate of drug-likeness (QED) is 0.126. The SMILES string of the molecule is CC(C)(C)c1ccc(N(c2ccc(C(C)(C)C)cc2)c2ccc3c(c2)C(C)(C)c2cc(C=Cc4ccc5sc6ccc(C=Cc7ccc8c(c7)C(C)(C)c7cc(N(c9ccc(C(C)(C)C)cc9)c9ccc(C(C)(C)C)cc9)ccc7-8)cc6c5c4)ccc2-3)cc1. The van der Waals surface area contributed by atoms with Crippen LogP contribution in [0.5, 0.6) is 0 Å². The number of thiophene rings is 1. The Morgan fingerprint density at radius 1 is 0.270 bits per heavy atom. The van der Waals surface area contributed by atoms with Crippen molar-refractivity contribution in [1.82, 2.24) is 0 Å². The number of rotatable bonds is 10. The molecule has 0 saturated heterocycles. The number of hydrogen-bond acceptors (Lipinski definition) is 3. The average Bonchev–Trinajstić information content (AvgIpc) is 1.63. The van der Waals surface area contributed by atoms with Crippen LogP contribution in [0, 0.1) is 0 Å². The zero-order chi connectivity index (χ0) is 62.7. The summed E-state index contributed by atoms with van der Waals surface area (Å²) in [5, 5.41) is 2.60. The standard InChI is InChI=1S/C86H86N2S/c1-81(2,3)59-25-33-63(34-26-59)87(64-35-27-60(28-36-64)82(4,5)6)67-41-45-71-69-43-21-57(51-75(69)85(13,14)77(71)53-67)19-17-55-23-47-79-73(49-55)74-50-56(24-48-80(74)89-79)18-20-58-22-44-70-72-46-42-68(54-78(72)86(15,16)76(70)52-58)88(65-37-29-61(30-38-65)83(7,8)9)66-39-31-62(32-40-66)84(10,11)12/h17-54H,1-16H3. The number of fused-ring (bicyclic) bond motifs is 9. The molecule has 10 aromatic carbocycles. The Kier molecular flexibility index (Phi) is 14.5. The highest BCUT2D eigenvalue weighted by molar-refractivity contribution is 7.25. The largest absolute Gasteiger partial charge is 0.310 e. The van der Waals surface area contributed by atoms with Gasteiger partial charge in [0.1, 0.15) is 0 Å². The normalized spacial score (nSPS) is 14.4. The minimum atomic E-state index is -0.194. The molecule has 0 amide bonds. The lowest BCUT2D eigenvalue weighted by Gasteiger charge is -2.29. The molecular formula is C86H86N2S. The first-order valence-electron chi connectivity index (χ1n) is 32.0. The number of benzene rings is 10. The topological polar surface area (TPSA) is 6.48 Å². The molecule has 0 saturated carbocycles. The lowest BCUT2D eigenvalue weighted by molar-refractivity contribution is 0.590. The van der Waals surface area contributed by atoms with Crippen LogP contribution < -0.4 is 9.80 Å². The molecule has 0 bridgehead atoms. The summed E-state index contributed by atoms with van der Waals surface area (Å²) in [6, 6.07) is 78.9. The number of anilines is 6. The van der Waals surface area contributed by atoms with E-state index in [9.17, 15) is 0 Å². The summed E-state index contributed by atoms with van der Waals surface area (Å²) < 4.78 is 2.61. The van der Waals surface area contributed by atoms with Crippen LogP contribution in [-0.4, -0.2) is 0 Å². The Bertz CT molecular complexity index is 4180. The molecule has 1 heterocycles. The highest BCUT2D eigenvalue weighted by atomic mass is 32.1. The summed E-state index contributed by atoms with van der Waals surface area (Å²) in [4.78, 5) is 4.85. The number of nitrogens with zero attached hydrogens (tertiary/aromatic N) is 2. The van der Waals surface area contributed by atoms with Crippen LogP contribution in [0.1, 0.15) is 178 Å². The Balaban J connectivity index is 0.745. The molecule has 0 fully saturated rings. The Hall–Kier alpha value is -8.50. The molecule has 89 heavy (non-hydrogen) atoms. The zero-order valence-corrected chi connectivity index (χ0v) is 56.1. The van der Waals surface area contributed by atoms with Gasteiger partial charge in [0.15, 0.2) is 0 Å². The molecule has 11 aromatic rings. The third-order valence-electron chi connectivity index (χ3n) is 19.3. The van der Waals surface area contributed by atoms with Crippen molar-refractivity contribution in [2.24, 2.45) is 0 Å². The molecule has 2 nitrogen and oxygen atoms in total.